The normalized spacial score (nSPS) is 16.3. The van der Waals surface area contributed by atoms with Gasteiger partial charge in [-0.05, 0) is 43.1 Å². The summed E-state index contributed by atoms with van der Waals surface area (Å²) >= 11 is 5.29. The molecule has 18 heavy (non-hydrogen) atoms. The number of nitrogens with zero attached hydrogens (tertiary/aromatic N) is 1. The lowest BCUT2D eigenvalue weighted by atomic mass is 10.3. The molecule has 1 aliphatic carbocycles. The summed E-state index contributed by atoms with van der Waals surface area (Å²) in [7, 11) is -3.24. The minimum atomic E-state index is -3.24. The molecule has 1 fully saturated rings. The molecule has 2 aromatic rings. The van der Waals surface area contributed by atoms with Crippen molar-refractivity contribution in [3.8, 4) is 0 Å². The van der Waals surface area contributed by atoms with Gasteiger partial charge < -0.3 is 9.55 Å². The Kier molecular flexibility index (Phi) is 2.60. The predicted octanol–water partition coefficient (Wildman–Crippen LogP) is 2.51. The third-order valence-corrected chi connectivity index (χ3v) is 4.77. The van der Waals surface area contributed by atoms with Crippen LogP contribution in [0.25, 0.3) is 11.0 Å². The second-order valence-corrected chi connectivity index (χ2v) is 7.28. The number of imidazole rings is 1. The van der Waals surface area contributed by atoms with Crippen LogP contribution in [-0.2, 0) is 16.4 Å². The molecule has 1 N–H and O–H groups in total. The molecule has 0 atom stereocenters. The van der Waals surface area contributed by atoms with Crippen molar-refractivity contribution in [1.82, 2.24) is 9.55 Å². The van der Waals surface area contributed by atoms with E-state index in [9.17, 15) is 8.42 Å². The highest BCUT2D eigenvalue weighted by molar-refractivity contribution is 7.91. The Labute approximate surface area is 111 Å². The lowest BCUT2D eigenvalue weighted by Crippen LogP contribution is -2.00. The van der Waals surface area contributed by atoms with Gasteiger partial charge in [0.15, 0.2) is 14.6 Å². The number of nitrogens with one attached hydrogen (secondary N) is 1. The van der Waals surface area contributed by atoms with Crippen molar-refractivity contribution in [3.05, 3.63) is 23.0 Å². The van der Waals surface area contributed by atoms with Gasteiger partial charge in [-0.25, -0.2) is 8.42 Å². The van der Waals surface area contributed by atoms with Gasteiger partial charge in [-0.2, -0.15) is 0 Å². The molecule has 3 rings (SSSR count). The van der Waals surface area contributed by atoms with Crippen molar-refractivity contribution in [1.29, 1.82) is 0 Å². The minimum absolute atomic E-state index is 0.320. The van der Waals surface area contributed by atoms with Gasteiger partial charge >= 0.3 is 0 Å². The van der Waals surface area contributed by atoms with Gasteiger partial charge in [0.2, 0.25) is 0 Å². The van der Waals surface area contributed by atoms with Gasteiger partial charge in [-0.3, -0.25) is 0 Å². The smallest absolute Gasteiger partial charge is 0.178 e. The van der Waals surface area contributed by atoms with Crippen LogP contribution >= 0.6 is 12.2 Å². The number of rotatable bonds is 3. The Bertz CT molecular complexity index is 767. The van der Waals surface area contributed by atoms with Gasteiger partial charge in [0.05, 0.1) is 15.9 Å². The first-order valence-electron chi connectivity index (χ1n) is 5.88. The Balaban J connectivity index is 2.27. The summed E-state index contributed by atoms with van der Waals surface area (Å²) in [5.74, 6) is 0.692. The van der Waals surface area contributed by atoms with E-state index in [1.807, 2.05) is 10.6 Å². The summed E-state index contributed by atoms with van der Waals surface area (Å²) in [6.45, 7) is 0.881. The van der Waals surface area contributed by atoms with Gasteiger partial charge in [0.25, 0.3) is 0 Å². The van der Waals surface area contributed by atoms with Crippen LogP contribution in [0.5, 0.6) is 0 Å². The zero-order chi connectivity index (χ0) is 12.9. The van der Waals surface area contributed by atoms with Crippen LogP contribution in [0.4, 0.5) is 0 Å². The number of hydrogen-bond acceptors (Lipinski definition) is 3. The largest absolute Gasteiger partial charge is 0.329 e. The Hall–Kier alpha value is -1.14. The van der Waals surface area contributed by atoms with Crippen molar-refractivity contribution in [2.45, 2.75) is 24.3 Å². The van der Waals surface area contributed by atoms with E-state index < -0.39 is 9.84 Å². The molecule has 1 saturated carbocycles. The number of aromatic amines is 1. The maximum Gasteiger partial charge on any atom is 0.178 e. The van der Waals surface area contributed by atoms with Crippen LogP contribution in [0.1, 0.15) is 12.8 Å². The lowest BCUT2D eigenvalue weighted by molar-refractivity contribution is 0.602. The first kappa shape index (κ1) is 11.9. The Morgan fingerprint density at radius 2 is 2.17 bits per heavy atom. The molecule has 0 aliphatic heterocycles. The molecule has 1 heterocycles. The van der Waals surface area contributed by atoms with Crippen LogP contribution in [0.3, 0.4) is 0 Å². The SMILES string of the molecule is CS(=O)(=O)c1cccc2c1[nH]c(=S)n2CC1CC1. The van der Waals surface area contributed by atoms with Gasteiger partial charge in [0.1, 0.15) is 0 Å². The molecular weight excluding hydrogens is 268 g/mol. The first-order chi connectivity index (χ1) is 8.47. The van der Waals surface area contributed by atoms with E-state index in [0.29, 0.717) is 21.1 Å². The van der Waals surface area contributed by atoms with Crippen molar-refractivity contribution in [2.75, 3.05) is 6.26 Å². The number of benzene rings is 1. The second-order valence-electron chi connectivity index (χ2n) is 4.91. The third kappa shape index (κ3) is 1.99. The monoisotopic (exact) mass is 282 g/mol. The fraction of sp³-hybridized carbons (Fsp3) is 0.417. The molecule has 0 bridgehead atoms. The van der Waals surface area contributed by atoms with Gasteiger partial charge in [-0.1, -0.05) is 6.07 Å². The van der Waals surface area contributed by atoms with E-state index in [0.717, 1.165) is 12.1 Å². The third-order valence-electron chi connectivity index (χ3n) is 3.31. The summed E-state index contributed by atoms with van der Waals surface area (Å²) in [4.78, 5) is 3.35. The fourth-order valence-corrected chi connectivity index (χ4v) is 3.33. The molecule has 0 spiro atoms. The van der Waals surface area contributed by atoms with Crippen LogP contribution < -0.4 is 0 Å². The average Bonchev–Trinajstić information content (AvgIpc) is 3.03. The van der Waals surface area contributed by atoms with E-state index >= 15 is 0 Å². The molecule has 1 aromatic carbocycles. The van der Waals surface area contributed by atoms with Crippen LogP contribution in [0.2, 0.25) is 0 Å². The summed E-state index contributed by atoms with van der Waals surface area (Å²) in [5, 5.41) is 0. The fourth-order valence-electron chi connectivity index (χ4n) is 2.20. The van der Waals surface area contributed by atoms with E-state index in [1.54, 1.807) is 12.1 Å². The van der Waals surface area contributed by atoms with E-state index in [1.165, 1.54) is 19.1 Å². The molecule has 0 amide bonds. The molecule has 1 aliphatic rings. The van der Waals surface area contributed by atoms with Gasteiger partial charge in [0, 0.05) is 12.8 Å². The molecule has 0 saturated heterocycles. The van der Waals surface area contributed by atoms with Crippen molar-refractivity contribution < 1.29 is 8.42 Å². The number of sulfone groups is 1. The number of H-pyrrole nitrogens is 1. The van der Waals surface area contributed by atoms with Crippen LogP contribution in [0.15, 0.2) is 23.1 Å². The zero-order valence-electron chi connectivity index (χ0n) is 10.0. The standard InChI is InChI=1S/C12H14N2O2S2/c1-18(15,16)10-4-2-3-9-11(10)13-12(17)14(9)7-8-5-6-8/h2-4,8H,5-7H2,1H3,(H,13,17). The highest BCUT2D eigenvalue weighted by Gasteiger charge is 2.24. The number of hydrogen-bond donors (Lipinski definition) is 1. The van der Waals surface area contributed by atoms with Crippen LogP contribution in [-0.4, -0.2) is 24.2 Å². The highest BCUT2D eigenvalue weighted by Crippen LogP contribution is 2.32. The summed E-state index contributed by atoms with van der Waals surface area (Å²) in [6, 6.07) is 5.30. The first-order valence-corrected chi connectivity index (χ1v) is 8.18. The molecule has 4 nitrogen and oxygen atoms in total. The van der Waals surface area contributed by atoms with Crippen molar-refractivity contribution in [3.63, 3.8) is 0 Å². The average molecular weight is 282 g/mol. The molecule has 6 heteroatoms. The summed E-state index contributed by atoms with van der Waals surface area (Å²) < 4.78 is 26.1. The number of aromatic nitrogens is 2. The van der Waals surface area contributed by atoms with Gasteiger partial charge in [-0.15, -0.1) is 0 Å². The topological polar surface area (TPSA) is 54.9 Å². The quantitative estimate of drug-likeness (QED) is 0.880. The van der Waals surface area contributed by atoms with E-state index in [2.05, 4.69) is 4.98 Å². The van der Waals surface area contributed by atoms with Crippen LogP contribution in [0, 0.1) is 10.7 Å². The molecule has 0 unspecified atom stereocenters. The maximum atomic E-state index is 11.7. The molecule has 1 aromatic heterocycles. The molecule has 0 radical (unpaired) electrons. The Morgan fingerprint density at radius 3 is 2.78 bits per heavy atom. The Morgan fingerprint density at radius 1 is 1.44 bits per heavy atom. The lowest BCUT2D eigenvalue weighted by Gasteiger charge is -2.04. The summed E-state index contributed by atoms with van der Waals surface area (Å²) in [6.07, 6.45) is 3.69. The zero-order valence-corrected chi connectivity index (χ0v) is 11.6. The van der Waals surface area contributed by atoms with E-state index in [4.69, 9.17) is 12.2 Å². The second kappa shape index (κ2) is 3.93. The van der Waals surface area contributed by atoms with Crippen molar-refractivity contribution >= 4 is 33.1 Å². The minimum Gasteiger partial charge on any atom is -0.329 e. The van der Waals surface area contributed by atoms with E-state index in [-0.39, 0.29) is 0 Å². The number of fused-ring (bicyclic) bond motifs is 1. The summed E-state index contributed by atoms with van der Waals surface area (Å²) in [5.41, 5.74) is 1.51. The van der Waals surface area contributed by atoms with Crippen molar-refractivity contribution in [2.24, 2.45) is 5.92 Å². The highest BCUT2D eigenvalue weighted by atomic mass is 32.2. The number of para-hydroxylation sites is 1. The molecular formula is C12H14N2O2S2. The predicted molar refractivity (Wildman–Crippen MR) is 73.0 cm³/mol. The maximum absolute atomic E-state index is 11.7. The molecule has 96 valence electrons.